The zero-order chi connectivity index (χ0) is 15.7. The van der Waals surface area contributed by atoms with Crippen LogP contribution >= 0.6 is 0 Å². The van der Waals surface area contributed by atoms with Gasteiger partial charge < -0.3 is 14.4 Å². The molecule has 2 aromatic rings. The minimum Gasteiger partial charge on any atom is -0.606 e. The molecule has 3 rings (SSSR count). The van der Waals surface area contributed by atoms with Gasteiger partial charge in [0.15, 0.2) is 17.3 Å². The highest BCUT2D eigenvalue weighted by Crippen LogP contribution is 2.41. The molecule has 0 radical (unpaired) electrons. The molecule has 0 bridgehead atoms. The van der Waals surface area contributed by atoms with Crippen molar-refractivity contribution in [2.45, 2.75) is 29.6 Å². The predicted octanol–water partition coefficient (Wildman–Crippen LogP) is 2.78. The molecule has 1 N–H and O–H groups in total. The molecule has 1 atom stereocenters. The van der Waals surface area contributed by atoms with Gasteiger partial charge in [-0.3, -0.25) is 0 Å². The summed E-state index contributed by atoms with van der Waals surface area (Å²) in [5, 5.41) is 8.80. The lowest BCUT2D eigenvalue weighted by atomic mass is 9.97. The Kier molecular flexibility index (Phi) is 4.09. The topological polar surface area (TPSA) is 69.6 Å². The zero-order valence-electron chi connectivity index (χ0n) is 12.2. The van der Waals surface area contributed by atoms with Crippen LogP contribution in [0.15, 0.2) is 46.2 Å². The van der Waals surface area contributed by atoms with Crippen molar-refractivity contribution >= 4 is 17.1 Å². The number of fused-ring (bicyclic) bond motifs is 2. The van der Waals surface area contributed by atoms with Crippen LogP contribution in [0.1, 0.15) is 23.6 Å². The van der Waals surface area contributed by atoms with E-state index in [1.54, 1.807) is 6.07 Å². The fourth-order valence-corrected chi connectivity index (χ4v) is 4.30. The molecule has 0 spiro atoms. The lowest BCUT2D eigenvalue weighted by Gasteiger charge is -2.25. The number of hydrogen-bond acceptors (Lipinski definition) is 3. The summed E-state index contributed by atoms with van der Waals surface area (Å²) in [4.78, 5) is 12.1. The minimum absolute atomic E-state index is 0.405. The molecule has 1 heterocycles. The smallest absolute Gasteiger partial charge is 0.341 e. The highest BCUT2D eigenvalue weighted by atomic mass is 32.2. The average molecular weight is 316 g/mol. The number of carbonyl (C=O) groups is 1. The van der Waals surface area contributed by atoms with E-state index in [1.165, 1.54) is 0 Å². The SMILES string of the molecule is CCc1ccc(OCC(=O)O)c2c1Cc1ccccc1[S+]2[O-]. The third-order valence-electron chi connectivity index (χ3n) is 3.78. The quantitative estimate of drug-likeness (QED) is 0.881. The van der Waals surface area contributed by atoms with Crippen molar-refractivity contribution in [3.05, 3.63) is 53.1 Å². The first-order valence-corrected chi connectivity index (χ1v) is 8.25. The normalized spacial score (nSPS) is 15.8. The van der Waals surface area contributed by atoms with Crippen LogP contribution in [-0.4, -0.2) is 22.2 Å². The van der Waals surface area contributed by atoms with Crippen molar-refractivity contribution in [3.8, 4) is 5.75 Å². The molecule has 0 saturated carbocycles. The van der Waals surface area contributed by atoms with E-state index in [4.69, 9.17) is 9.84 Å². The summed E-state index contributed by atoms with van der Waals surface area (Å²) in [6.07, 6.45) is 1.53. The Labute approximate surface area is 131 Å². The first-order valence-electron chi connectivity index (χ1n) is 7.10. The Hall–Kier alpha value is -1.98. The van der Waals surface area contributed by atoms with Gasteiger partial charge in [0.05, 0.1) is 0 Å². The summed E-state index contributed by atoms with van der Waals surface area (Å²) in [5.74, 6) is -0.641. The second kappa shape index (κ2) is 6.02. The number of benzene rings is 2. The van der Waals surface area contributed by atoms with E-state index in [-0.39, 0.29) is 0 Å². The van der Waals surface area contributed by atoms with Crippen LogP contribution in [0.5, 0.6) is 5.75 Å². The Balaban J connectivity index is 2.10. The number of aliphatic carboxylic acids is 1. The molecule has 22 heavy (non-hydrogen) atoms. The predicted molar refractivity (Wildman–Crippen MR) is 82.9 cm³/mol. The van der Waals surface area contributed by atoms with E-state index in [2.05, 4.69) is 6.92 Å². The molecule has 1 unspecified atom stereocenters. The van der Waals surface area contributed by atoms with Crippen molar-refractivity contribution in [1.82, 2.24) is 0 Å². The first-order chi connectivity index (χ1) is 10.6. The van der Waals surface area contributed by atoms with Crippen molar-refractivity contribution < 1.29 is 19.2 Å². The number of aryl methyl sites for hydroxylation is 1. The Bertz CT molecular complexity index is 727. The van der Waals surface area contributed by atoms with Gasteiger partial charge in [-0.15, -0.1) is 0 Å². The highest BCUT2D eigenvalue weighted by molar-refractivity contribution is 7.91. The lowest BCUT2D eigenvalue weighted by Crippen LogP contribution is -2.19. The Morgan fingerprint density at radius 3 is 2.82 bits per heavy atom. The van der Waals surface area contributed by atoms with Crippen LogP contribution in [0, 0.1) is 0 Å². The molecule has 2 aromatic carbocycles. The summed E-state index contributed by atoms with van der Waals surface area (Å²) >= 11 is -1.35. The molecule has 1 aliphatic rings. The van der Waals surface area contributed by atoms with Gasteiger partial charge in [0.25, 0.3) is 0 Å². The number of carboxylic acid groups (broad SMARTS) is 1. The van der Waals surface area contributed by atoms with E-state index >= 15 is 0 Å². The molecule has 0 saturated heterocycles. The van der Waals surface area contributed by atoms with E-state index in [0.717, 1.165) is 28.0 Å². The Morgan fingerprint density at radius 1 is 1.32 bits per heavy atom. The standard InChI is InChI=1S/C17H16O4S/c1-2-11-7-8-14(21-10-16(18)19)17-13(11)9-12-5-3-4-6-15(12)22(17)20/h3-8H,2,9-10H2,1H3,(H,18,19). The van der Waals surface area contributed by atoms with Crippen molar-refractivity contribution in [3.63, 3.8) is 0 Å². The maximum absolute atomic E-state index is 12.9. The molecule has 5 heteroatoms. The fourth-order valence-electron chi connectivity index (χ4n) is 2.76. The van der Waals surface area contributed by atoms with E-state index in [1.807, 2.05) is 30.3 Å². The fraction of sp³-hybridized carbons (Fsp3) is 0.235. The summed E-state index contributed by atoms with van der Waals surface area (Å²) in [5.41, 5.74) is 3.18. The van der Waals surface area contributed by atoms with Crippen LogP contribution < -0.4 is 4.74 Å². The monoisotopic (exact) mass is 316 g/mol. The second-order valence-electron chi connectivity index (χ2n) is 5.12. The van der Waals surface area contributed by atoms with E-state index in [9.17, 15) is 9.35 Å². The van der Waals surface area contributed by atoms with Gasteiger partial charge in [-0.1, -0.05) is 31.2 Å². The summed E-state index contributed by atoms with van der Waals surface area (Å²) < 4.78 is 18.3. The molecule has 0 aliphatic carbocycles. The lowest BCUT2D eigenvalue weighted by molar-refractivity contribution is -0.139. The minimum atomic E-state index is -1.35. The van der Waals surface area contributed by atoms with Crippen molar-refractivity contribution in [1.29, 1.82) is 0 Å². The van der Waals surface area contributed by atoms with E-state index < -0.39 is 23.8 Å². The molecule has 1 aliphatic heterocycles. The van der Waals surface area contributed by atoms with Gasteiger partial charge in [-0.25, -0.2) is 4.79 Å². The van der Waals surface area contributed by atoms with Gasteiger partial charge in [-0.2, -0.15) is 0 Å². The second-order valence-corrected chi connectivity index (χ2v) is 6.51. The van der Waals surface area contributed by atoms with Gasteiger partial charge >= 0.3 is 5.97 Å². The van der Waals surface area contributed by atoms with Crippen LogP contribution in [0.2, 0.25) is 0 Å². The molecule has 0 amide bonds. The van der Waals surface area contributed by atoms with Gasteiger partial charge in [0, 0.05) is 28.7 Å². The molecule has 0 aromatic heterocycles. The number of ether oxygens (including phenoxy) is 1. The van der Waals surface area contributed by atoms with Crippen LogP contribution in [0.25, 0.3) is 0 Å². The van der Waals surface area contributed by atoms with Crippen LogP contribution in [0.4, 0.5) is 0 Å². The summed E-state index contributed by atoms with van der Waals surface area (Å²) in [7, 11) is 0. The molecular weight excluding hydrogens is 300 g/mol. The third kappa shape index (κ3) is 2.58. The average Bonchev–Trinajstić information content (AvgIpc) is 2.52. The third-order valence-corrected chi connectivity index (χ3v) is 5.39. The number of carboxylic acids is 1. The molecular formula is C17H16O4S. The number of hydrogen-bond donors (Lipinski definition) is 1. The zero-order valence-corrected chi connectivity index (χ0v) is 13.0. The molecule has 4 nitrogen and oxygen atoms in total. The van der Waals surface area contributed by atoms with Crippen LogP contribution in [0.3, 0.4) is 0 Å². The van der Waals surface area contributed by atoms with E-state index in [0.29, 0.717) is 17.1 Å². The molecule has 0 fully saturated rings. The Morgan fingerprint density at radius 2 is 2.09 bits per heavy atom. The molecule has 114 valence electrons. The van der Waals surface area contributed by atoms with Crippen LogP contribution in [-0.2, 0) is 28.8 Å². The number of rotatable bonds is 4. The maximum atomic E-state index is 12.9. The van der Waals surface area contributed by atoms with Gasteiger partial charge in [0.2, 0.25) is 4.90 Å². The van der Waals surface area contributed by atoms with Gasteiger partial charge in [0.1, 0.15) is 0 Å². The van der Waals surface area contributed by atoms with Crippen molar-refractivity contribution in [2.75, 3.05) is 6.61 Å². The first kappa shape index (κ1) is 14.9. The summed E-state index contributed by atoms with van der Waals surface area (Å²) in [6.45, 7) is 1.62. The summed E-state index contributed by atoms with van der Waals surface area (Å²) in [6, 6.07) is 11.3. The largest absolute Gasteiger partial charge is 0.606 e. The van der Waals surface area contributed by atoms with Crippen molar-refractivity contribution in [2.24, 2.45) is 0 Å². The van der Waals surface area contributed by atoms with Gasteiger partial charge in [-0.05, 0) is 24.1 Å². The highest BCUT2D eigenvalue weighted by Gasteiger charge is 2.33. The maximum Gasteiger partial charge on any atom is 0.341 e.